The Hall–Kier alpha value is -1.63. The van der Waals surface area contributed by atoms with Crippen LogP contribution in [-0.4, -0.2) is 54.8 Å². The van der Waals surface area contributed by atoms with Crippen LogP contribution in [0.4, 0.5) is 17.8 Å². The van der Waals surface area contributed by atoms with Gasteiger partial charge in [-0.1, -0.05) is 12.8 Å². The van der Waals surface area contributed by atoms with E-state index in [0.29, 0.717) is 11.9 Å². The topological polar surface area (TPSA) is 75.2 Å². The Labute approximate surface area is 119 Å². The molecule has 0 radical (unpaired) electrons. The summed E-state index contributed by atoms with van der Waals surface area (Å²) in [7, 11) is 1.83. The molecule has 0 bridgehead atoms. The SMILES string of the molecule is CNc1nc(NCCC2CC2)nc(N2CCOCC2)n1. The first-order valence-electron chi connectivity index (χ1n) is 7.35. The number of ether oxygens (including phenoxy) is 1. The largest absolute Gasteiger partial charge is 0.378 e. The van der Waals surface area contributed by atoms with E-state index in [1.807, 2.05) is 7.05 Å². The summed E-state index contributed by atoms with van der Waals surface area (Å²) in [5.74, 6) is 2.90. The number of anilines is 3. The van der Waals surface area contributed by atoms with Gasteiger partial charge >= 0.3 is 0 Å². The van der Waals surface area contributed by atoms with Crippen molar-refractivity contribution < 1.29 is 4.74 Å². The molecule has 7 nitrogen and oxygen atoms in total. The highest BCUT2D eigenvalue weighted by molar-refractivity contribution is 5.43. The normalized spacial score (nSPS) is 18.9. The first-order chi connectivity index (χ1) is 9.85. The summed E-state index contributed by atoms with van der Waals surface area (Å²) in [6.07, 6.45) is 3.95. The molecule has 3 rings (SSSR count). The highest BCUT2D eigenvalue weighted by Crippen LogP contribution is 2.32. The number of rotatable bonds is 6. The third kappa shape index (κ3) is 3.47. The Morgan fingerprint density at radius 2 is 1.90 bits per heavy atom. The molecule has 1 aromatic heterocycles. The molecule has 7 heteroatoms. The van der Waals surface area contributed by atoms with Crippen LogP contribution >= 0.6 is 0 Å². The molecule has 1 aliphatic carbocycles. The van der Waals surface area contributed by atoms with E-state index < -0.39 is 0 Å². The molecular formula is C13H22N6O. The van der Waals surface area contributed by atoms with Gasteiger partial charge in [-0.25, -0.2) is 0 Å². The maximum atomic E-state index is 5.36. The summed E-state index contributed by atoms with van der Waals surface area (Å²) in [6, 6.07) is 0. The number of hydrogen-bond donors (Lipinski definition) is 2. The van der Waals surface area contributed by atoms with Gasteiger partial charge in [0, 0.05) is 26.7 Å². The van der Waals surface area contributed by atoms with E-state index in [9.17, 15) is 0 Å². The molecule has 0 aromatic carbocycles. The molecule has 2 N–H and O–H groups in total. The van der Waals surface area contributed by atoms with Crippen molar-refractivity contribution in [3.05, 3.63) is 0 Å². The summed E-state index contributed by atoms with van der Waals surface area (Å²) in [4.78, 5) is 15.4. The number of hydrogen-bond acceptors (Lipinski definition) is 7. The summed E-state index contributed by atoms with van der Waals surface area (Å²) < 4.78 is 5.36. The molecule has 2 heterocycles. The first kappa shape index (κ1) is 13.4. The fraction of sp³-hybridized carbons (Fsp3) is 0.769. The summed E-state index contributed by atoms with van der Waals surface area (Å²) in [5, 5.41) is 6.31. The zero-order valence-electron chi connectivity index (χ0n) is 11.9. The first-order valence-corrected chi connectivity index (χ1v) is 7.35. The molecule has 20 heavy (non-hydrogen) atoms. The number of nitrogens with zero attached hydrogens (tertiary/aromatic N) is 4. The molecule has 1 aliphatic heterocycles. The lowest BCUT2D eigenvalue weighted by Gasteiger charge is -2.27. The highest BCUT2D eigenvalue weighted by Gasteiger charge is 2.21. The van der Waals surface area contributed by atoms with Crippen molar-refractivity contribution in [1.29, 1.82) is 0 Å². The van der Waals surface area contributed by atoms with Gasteiger partial charge in [-0.05, 0) is 12.3 Å². The van der Waals surface area contributed by atoms with Gasteiger partial charge in [0.25, 0.3) is 0 Å². The second-order valence-electron chi connectivity index (χ2n) is 5.29. The van der Waals surface area contributed by atoms with Crippen LogP contribution in [-0.2, 0) is 4.74 Å². The maximum Gasteiger partial charge on any atom is 0.232 e. The van der Waals surface area contributed by atoms with Crippen LogP contribution in [0.25, 0.3) is 0 Å². The molecule has 0 amide bonds. The van der Waals surface area contributed by atoms with Crippen LogP contribution in [0.1, 0.15) is 19.3 Å². The average Bonchev–Trinajstić information content (AvgIpc) is 3.32. The van der Waals surface area contributed by atoms with Crippen molar-refractivity contribution in [2.45, 2.75) is 19.3 Å². The van der Waals surface area contributed by atoms with Gasteiger partial charge in [-0.15, -0.1) is 0 Å². The lowest BCUT2D eigenvalue weighted by atomic mass is 10.3. The minimum atomic E-state index is 0.607. The van der Waals surface area contributed by atoms with Gasteiger partial charge in [-0.3, -0.25) is 0 Å². The third-order valence-corrected chi connectivity index (χ3v) is 3.67. The monoisotopic (exact) mass is 278 g/mol. The molecule has 2 aliphatic rings. The van der Waals surface area contributed by atoms with E-state index in [2.05, 4.69) is 30.5 Å². The minimum absolute atomic E-state index is 0.607. The van der Waals surface area contributed by atoms with E-state index >= 15 is 0 Å². The molecule has 1 saturated carbocycles. The second kappa shape index (κ2) is 6.21. The smallest absolute Gasteiger partial charge is 0.232 e. The van der Waals surface area contributed by atoms with Gasteiger partial charge in [0.2, 0.25) is 17.8 Å². The standard InChI is InChI=1S/C13H22N6O/c1-14-11-16-12(15-5-4-10-2-3-10)18-13(17-11)19-6-8-20-9-7-19/h10H,2-9H2,1H3,(H2,14,15,16,17,18). The van der Waals surface area contributed by atoms with Gasteiger partial charge in [0.1, 0.15) is 0 Å². The molecule has 110 valence electrons. The van der Waals surface area contributed by atoms with Crippen molar-refractivity contribution in [3.63, 3.8) is 0 Å². The van der Waals surface area contributed by atoms with Crippen molar-refractivity contribution in [2.24, 2.45) is 5.92 Å². The lowest BCUT2D eigenvalue weighted by Crippen LogP contribution is -2.37. The van der Waals surface area contributed by atoms with Crippen molar-refractivity contribution >= 4 is 17.8 Å². The highest BCUT2D eigenvalue weighted by atomic mass is 16.5. The maximum absolute atomic E-state index is 5.36. The molecule has 0 spiro atoms. The third-order valence-electron chi connectivity index (χ3n) is 3.67. The predicted octanol–water partition coefficient (Wildman–Crippen LogP) is 0.962. The van der Waals surface area contributed by atoms with E-state index in [0.717, 1.165) is 44.7 Å². The fourth-order valence-corrected chi connectivity index (χ4v) is 2.26. The van der Waals surface area contributed by atoms with Gasteiger partial charge in [0.05, 0.1) is 13.2 Å². The Bertz CT molecular complexity index is 444. The zero-order valence-corrected chi connectivity index (χ0v) is 11.9. The van der Waals surface area contributed by atoms with Crippen molar-refractivity contribution in [3.8, 4) is 0 Å². The van der Waals surface area contributed by atoms with Gasteiger partial charge in [-0.2, -0.15) is 15.0 Å². The van der Waals surface area contributed by atoms with Gasteiger partial charge in [0.15, 0.2) is 0 Å². The number of aromatic nitrogens is 3. The van der Waals surface area contributed by atoms with Crippen molar-refractivity contribution in [2.75, 3.05) is 55.4 Å². The van der Waals surface area contributed by atoms with Crippen LogP contribution in [0.15, 0.2) is 0 Å². The quantitative estimate of drug-likeness (QED) is 0.802. The van der Waals surface area contributed by atoms with E-state index in [-0.39, 0.29) is 0 Å². The Kier molecular flexibility index (Phi) is 4.15. The van der Waals surface area contributed by atoms with Crippen molar-refractivity contribution in [1.82, 2.24) is 15.0 Å². The van der Waals surface area contributed by atoms with Gasteiger partial charge < -0.3 is 20.3 Å². The van der Waals surface area contributed by atoms with Crippen LogP contribution in [0, 0.1) is 5.92 Å². The Morgan fingerprint density at radius 3 is 2.60 bits per heavy atom. The molecule has 0 atom stereocenters. The average molecular weight is 278 g/mol. The van der Waals surface area contributed by atoms with Crippen LogP contribution in [0.3, 0.4) is 0 Å². The zero-order chi connectivity index (χ0) is 13.8. The molecule has 0 unspecified atom stereocenters. The molecule has 1 saturated heterocycles. The van der Waals surface area contributed by atoms with Crippen LogP contribution < -0.4 is 15.5 Å². The summed E-state index contributed by atoms with van der Waals surface area (Å²) in [5.41, 5.74) is 0. The van der Waals surface area contributed by atoms with E-state index in [4.69, 9.17) is 4.74 Å². The van der Waals surface area contributed by atoms with Crippen LogP contribution in [0.2, 0.25) is 0 Å². The second-order valence-corrected chi connectivity index (χ2v) is 5.29. The summed E-state index contributed by atoms with van der Waals surface area (Å²) in [6.45, 7) is 4.04. The fourth-order valence-electron chi connectivity index (χ4n) is 2.26. The Morgan fingerprint density at radius 1 is 1.15 bits per heavy atom. The minimum Gasteiger partial charge on any atom is -0.378 e. The molecular weight excluding hydrogens is 256 g/mol. The van der Waals surface area contributed by atoms with Crippen LogP contribution in [0.5, 0.6) is 0 Å². The van der Waals surface area contributed by atoms with E-state index in [1.54, 1.807) is 0 Å². The summed E-state index contributed by atoms with van der Waals surface area (Å²) >= 11 is 0. The van der Waals surface area contributed by atoms with E-state index in [1.165, 1.54) is 19.3 Å². The number of nitrogens with one attached hydrogen (secondary N) is 2. The predicted molar refractivity (Wildman–Crippen MR) is 78.2 cm³/mol. The number of morpholine rings is 1. The lowest BCUT2D eigenvalue weighted by molar-refractivity contribution is 0.122. The molecule has 2 fully saturated rings. The molecule has 1 aromatic rings. The Balaban J connectivity index is 1.67.